The van der Waals surface area contributed by atoms with Crippen molar-refractivity contribution >= 4 is 10.0 Å². The van der Waals surface area contributed by atoms with Crippen molar-refractivity contribution in [3.63, 3.8) is 0 Å². The van der Waals surface area contributed by atoms with Crippen molar-refractivity contribution in [2.45, 2.75) is 24.0 Å². The lowest BCUT2D eigenvalue weighted by Gasteiger charge is -2.31. The van der Waals surface area contributed by atoms with Crippen molar-refractivity contribution in [3.05, 3.63) is 29.6 Å². The van der Waals surface area contributed by atoms with Crippen LogP contribution in [0, 0.1) is 5.82 Å². The van der Waals surface area contributed by atoms with Gasteiger partial charge in [-0.1, -0.05) is 0 Å². The highest BCUT2D eigenvalue weighted by Gasteiger charge is 2.35. The van der Waals surface area contributed by atoms with Gasteiger partial charge in [-0.2, -0.15) is 17.5 Å². The summed E-state index contributed by atoms with van der Waals surface area (Å²) >= 11 is 0. The summed E-state index contributed by atoms with van der Waals surface area (Å²) in [5.74, 6) is -1.19. The van der Waals surface area contributed by atoms with Crippen LogP contribution in [-0.4, -0.2) is 38.4 Å². The first-order chi connectivity index (χ1) is 9.62. The zero-order chi connectivity index (χ0) is 15.8. The number of nitrogens with one attached hydrogen (secondary N) is 1. The zero-order valence-electron chi connectivity index (χ0n) is 11.1. The highest BCUT2D eigenvalue weighted by molar-refractivity contribution is 7.89. The van der Waals surface area contributed by atoms with Crippen molar-refractivity contribution in [1.29, 1.82) is 0 Å². The molecule has 4 nitrogen and oxygen atoms in total. The van der Waals surface area contributed by atoms with E-state index >= 15 is 0 Å². The quantitative estimate of drug-likeness (QED) is 0.844. The Morgan fingerprint density at radius 2 is 2.00 bits per heavy atom. The fourth-order valence-corrected chi connectivity index (χ4v) is 3.75. The number of benzene rings is 1. The largest absolute Gasteiger partial charge is 0.416 e. The van der Waals surface area contributed by atoms with Gasteiger partial charge in [-0.15, -0.1) is 0 Å². The average Bonchev–Trinajstić information content (AvgIpc) is 2.37. The molecule has 0 spiro atoms. The molecule has 1 aromatic carbocycles. The SMILES string of the molecule is C[C@@H]1CN(S(=O)(=O)c2cc(C(F)(F)F)ccc2F)CCN1. The summed E-state index contributed by atoms with van der Waals surface area (Å²) in [7, 11) is -4.29. The third kappa shape index (κ3) is 3.35. The third-order valence-electron chi connectivity index (χ3n) is 3.21. The molecule has 0 aromatic heterocycles. The molecule has 1 aromatic rings. The second-order valence-electron chi connectivity index (χ2n) is 4.86. The Hall–Kier alpha value is -1.19. The van der Waals surface area contributed by atoms with Crippen LogP contribution in [0.25, 0.3) is 0 Å². The van der Waals surface area contributed by atoms with Crippen LogP contribution in [-0.2, 0) is 16.2 Å². The molecule has 0 aliphatic carbocycles. The second kappa shape index (κ2) is 5.54. The van der Waals surface area contributed by atoms with Crippen LogP contribution in [0.3, 0.4) is 0 Å². The van der Waals surface area contributed by atoms with Gasteiger partial charge in [0.25, 0.3) is 0 Å². The molecule has 1 atom stereocenters. The minimum Gasteiger partial charge on any atom is -0.312 e. The summed E-state index contributed by atoms with van der Waals surface area (Å²) in [6, 6.07) is 1.25. The first-order valence-electron chi connectivity index (χ1n) is 6.22. The van der Waals surface area contributed by atoms with Crippen molar-refractivity contribution in [2.24, 2.45) is 0 Å². The zero-order valence-corrected chi connectivity index (χ0v) is 11.9. The third-order valence-corrected chi connectivity index (χ3v) is 5.09. The Labute approximate surface area is 119 Å². The fourth-order valence-electron chi connectivity index (χ4n) is 2.13. The number of alkyl halides is 3. The molecule has 1 heterocycles. The number of sulfonamides is 1. The topological polar surface area (TPSA) is 49.4 Å². The minimum atomic E-state index is -4.73. The molecule has 2 rings (SSSR count). The van der Waals surface area contributed by atoms with Crippen molar-refractivity contribution in [1.82, 2.24) is 9.62 Å². The van der Waals surface area contributed by atoms with E-state index in [1.807, 2.05) is 0 Å². The number of rotatable bonds is 2. The molecular formula is C12H14F4N2O2S. The molecular weight excluding hydrogens is 312 g/mol. The monoisotopic (exact) mass is 326 g/mol. The van der Waals surface area contributed by atoms with Gasteiger partial charge in [0, 0.05) is 25.7 Å². The van der Waals surface area contributed by atoms with Crippen LogP contribution >= 0.6 is 0 Å². The van der Waals surface area contributed by atoms with Gasteiger partial charge < -0.3 is 5.32 Å². The molecule has 1 aliphatic rings. The lowest BCUT2D eigenvalue weighted by Crippen LogP contribution is -2.51. The minimum absolute atomic E-state index is 0.0814. The van der Waals surface area contributed by atoms with E-state index in [0.29, 0.717) is 24.7 Å². The van der Waals surface area contributed by atoms with Gasteiger partial charge in [0.15, 0.2) is 0 Å². The van der Waals surface area contributed by atoms with Crippen LogP contribution in [0.1, 0.15) is 12.5 Å². The van der Waals surface area contributed by atoms with E-state index in [2.05, 4.69) is 5.32 Å². The van der Waals surface area contributed by atoms with Gasteiger partial charge in [0.1, 0.15) is 10.7 Å². The molecule has 0 amide bonds. The molecule has 0 radical (unpaired) electrons. The maximum absolute atomic E-state index is 13.7. The molecule has 1 aliphatic heterocycles. The van der Waals surface area contributed by atoms with Crippen LogP contribution in [0.2, 0.25) is 0 Å². The molecule has 1 fully saturated rings. The predicted octanol–water partition coefficient (Wildman–Crippen LogP) is 1.83. The number of nitrogens with zero attached hydrogens (tertiary/aromatic N) is 1. The Morgan fingerprint density at radius 3 is 2.57 bits per heavy atom. The summed E-state index contributed by atoms with van der Waals surface area (Å²) in [6.07, 6.45) is -4.73. The molecule has 0 saturated carbocycles. The van der Waals surface area contributed by atoms with E-state index in [4.69, 9.17) is 0 Å². The highest BCUT2D eigenvalue weighted by Crippen LogP contribution is 2.32. The van der Waals surface area contributed by atoms with Crippen molar-refractivity contribution in [3.8, 4) is 0 Å². The van der Waals surface area contributed by atoms with E-state index in [-0.39, 0.29) is 19.1 Å². The van der Waals surface area contributed by atoms with E-state index in [9.17, 15) is 26.0 Å². The maximum Gasteiger partial charge on any atom is 0.416 e. The van der Waals surface area contributed by atoms with Crippen LogP contribution in [0.4, 0.5) is 17.6 Å². The summed E-state index contributed by atoms with van der Waals surface area (Å²) in [6.45, 7) is 2.27. The summed E-state index contributed by atoms with van der Waals surface area (Å²) < 4.78 is 77.3. The predicted molar refractivity (Wildman–Crippen MR) is 67.6 cm³/mol. The number of hydrogen-bond donors (Lipinski definition) is 1. The van der Waals surface area contributed by atoms with Crippen molar-refractivity contribution < 1.29 is 26.0 Å². The second-order valence-corrected chi connectivity index (χ2v) is 6.77. The van der Waals surface area contributed by atoms with E-state index in [1.54, 1.807) is 6.92 Å². The number of halogens is 4. The van der Waals surface area contributed by atoms with Crippen LogP contribution in [0.5, 0.6) is 0 Å². The Morgan fingerprint density at radius 1 is 1.33 bits per heavy atom. The van der Waals surface area contributed by atoms with Gasteiger partial charge in [-0.3, -0.25) is 0 Å². The molecule has 0 bridgehead atoms. The first-order valence-corrected chi connectivity index (χ1v) is 7.66. The summed E-state index contributed by atoms with van der Waals surface area (Å²) in [4.78, 5) is -0.938. The van der Waals surface area contributed by atoms with Gasteiger partial charge in [-0.25, -0.2) is 12.8 Å². The maximum atomic E-state index is 13.7. The normalized spacial score (nSPS) is 21.5. The standard InChI is InChI=1S/C12H14F4N2O2S/c1-8-7-18(5-4-17-8)21(19,20)11-6-9(12(14,15)16)2-3-10(11)13/h2-3,6,8,17H,4-5,7H2,1H3/t8-/m1/s1. The Kier molecular flexibility index (Phi) is 4.27. The molecule has 0 unspecified atom stereocenters. The molecule has 118 valence electrons. The molecule has 21 heavy (non-hydrogen) atoms. The first kappa shape index (κ1) is 16.2. The smallest absolute Gasteiger partial charge is 0.312 e. The summed E-state index contributed by atoms with van der Waals surface area (Å²) in [5, 5.41) is 3.01. The molecule has 9 heteroatoms. The van der Waals surface area contributed by atoms with Crippen LogP contribution < -0.4 is 5.32 Å². The number of hydrogen-bond acceptors (Lipinski definition) is 3. The van der Waals surface area contributed by atoms with Crippen molar-refractivity contribution in [2.75, 3.05) is 19.6 Å². The Balaban J connectivity index is 2.44. The van der Waals surface area contributed by atoms with E-state index in [0.717, 1.165) is 4.31 Å². The number of piperazine rings is 1. The highest BCUT2D eigenvalue weighted by atomic mass is 32.2. The van der Waals surface area contributed by atoms with Gasteiger partial charge >= 0.3 is 6.18 Å². The lowest BCUT2D eigenvalue weighted by molar-refractivity contribution is -0.137. The van der Waals surface area contributed by atoms with Gasteiger partial charge in [-0.05, 0) is 25.1 Å². The summed E-state index contributed by atoms with van der Waals surface area (Å²) in [5.41, 5.74) is -1.19. The average molecular weight is 326 g/mol. The van der Waals surface area contributed by atoms with E-state index < -0.39 is 32.5 Å². The van der Waals surface area contributed by atoms with Gasteiger partial charge in [0.05, 0.1) is 5.56 Å². The molecule has 1 N–H and O–H groups in total. The van der Waals surface area contributed by atoms with Crippen LogP contribution in [0.15, 0.2) is 23.1 Å². The fraction of sp³-hybridized carbons (Fsp3) is 0.500. The van der Waals surface area contributed by atoms with Gasteiger partial charge in [0.2, 0.25) is 10.0 Å². The Bertz CT molecular complexity index is 631. The molecule has 1 saturated heterocycles. The lowest BCUT2D eigenvalue weighted by atomic mass is 10.2. The van der Waals surface area contributed by atoms with E-state index in [1.165, 1.54) is 0 Å².